The Hall–Kier alpha value is -0.770. The molecule has 0 aliphatic heterocycles. The van der Waals surface area contributed by atoms with E-state index in [1.54, 1.807) is 0 Å². The first-order chi connectivity index (χ1) is 6.89. The molecule has 4 heteroatoms. The molecule has 2 N–H and O–H groups in total. The summed E-state index contributed by atoms with van der Waals surface area (Å²) in [5.74, 6) is 0. The van der Waals surface area contributed by atoms with Crippen LogP contribution >= 0.6 is 0 Å². The summed E-state index contributed by atoms with van der Waals surface area (Å²) in [5, 5.41) is 11.6. The van der Waals surface area contributed by atoms with Crippen LogP contribution < -0.4 is 5.32 Å². The summed E-state index contributed by atoms with van der Waals surface area (Å²) in [7, 11) is 0. The number of carbonyl (C=O) groups is 1. The Morgan fingerprint density at radius 1 is 1.40 bits per heavy atom. The predicted molar refractivity (Wildman–Crippen MR) is 59.8 cm³/mol. The van der Waals surface area contributed by atoms with Crippen LogP contribution in [0.1, 0.15) is 47.0 Å². The van der Waals surface area contributed by atoms with Crippen LogP contribution in [0.5, 0.6) is 0 Å². The lowest BCUT2D eigenvalue weighted by Gasteiger charge is -2.23. The second kappa shape index (κ2) is 6.67. The van der Waals surface area contributed by atoms with Crippen LogP contribution in [0.25, 0.3) is 0 Å². The number of alkyl carbamates (subject to hydrolysis) is 1. The van der Waals surface area contributed by atoms with E-state index >= 15 is 0 Å². The first kappa shape index (κ1) is 14.2. The molecular formula is C11H23NO3. The van der Waals surface area contributed by atoms with Crippen LogP contribution in [0.15, 0.2) is 0 Å². The van der Waals surface area contributed by atoms with Gasteiger partial charge in [0, 0.05) is 12.6 Å². The Labute approximate surface area is 92.0 Å². The van der Waals surface area contributed by atoms with Crippen molar-refractivity contribution in [3.05, 3.63) is 0 Å². The molecule has 0 aromatic heterocycles. The van der Waals surface area contributed by atoms with Crippen LogP contribution in [0.4, 0.5) is 4.79 Å². The number of nitrogens with one attached hydrogen (secondary N) is 1. The van der Waals surface area contributed by atoms with Gasteiger partial charge in [0.1, 0.15) is 5.60 Å². The van der Waals surface area contributed by atoms with E-state index in [2.05, 4.69) is 5.32 Å². The van der Waals surface area contributed by atoms with Gasteiger partial charge in [-0.2, -0.15) is 0 Å². The van der Waals surface area contributed by atoms with E-state index in [4.69, 9.17) is 9.84 Å². The Balaban J connectivity index is 3.99. The van der Waals surface area contributed by atoms with Crippen molar-refractivity contribution in [3.8, 4) is 0 Å². The maximum absolute atomic E-state index is 11.4. The molecule has 0 radical (unpaired) electrons. The molecule has 1 amide bonds. The molecule has 4 nitrogen and oxygen atoms in total. The highest BCUT2D eigenvalue weighted by Gasteiger charge is 2.18. The lowest BCUT2D eigenvalue weighted by Crippen LogP contribution is -2.39. The third-order valence-corrected chi connectivity index (χ3v) is 1.84. The second-order valence-electron chi connectivity index (χ2n) is 4.64. The Bertz CT molecular complexity index is 181. The van der Waals surface area contributed by atoms with Gasteiger partial charge in [0.05, 0.1) is 0 Å². The Kier molecular flexibility index (Phi) is 6.32. The zero-order valence-corrected chi connectivity index (χ0v) is 10.2. The lowest BCUT2D eigenvalue weighted by atomic mass is 10.1. The summed E-state index contributed by atoms with van der Waals surface area (Å²) in [6, 6.07) is 0.00912. The van der Waals surface area contributed by atoms with E-state index < -0.39 is 11.7 Å². The van der Waals surface area contributed by atoms with Crippen molar-refractivity contribution in [2.45, 2.75) is 58.6 Å². The fourth-order valence-corrected chi connectivity index (χ4v) is 1.27. The van der Waals surface area contributed by atoms with Crippen LogP contribution in [0.2, 0.25) is 0 Å². The highest BCUT2D eigenvalue weighted by Crippen LogP contribution is 2.08. The van der Waals surface area contributed by atoms with Crippen LogP contribution in [-0.4, -0.2) is 29.4 Å². The van der Waals surface area contributed by atoms with Crippen molar-refractivity contribution in [2.75, 3.05) is 6.61 Å². The predicted octanol–water partition coefficient (Wildman–Crippen LogP) is 2.06. The maximum atomic E-state index is 11.4. The van der Waals surface area contributed by atoms with Crippen molar-refractivity contribution in [1.29, 1.82) is 0 Å². The van der Waals surface area contributed by atoms with E-state index in [0.29, 0.717) is 6.42 Å². The molecule has 1 atom stereocenters. The molecule has 0 saturated carbocycles. The van der Waals surface area contributed by atoms with Gasteiger partial charge in [0.25, 0.3) is 0 Å². The van der Waals surface area contributed by atoms with Gasteiger partial charge < -0.3 is 15.2 Å². The lowest BCUT2D eigenvalue weighted by molar-refractivity contribution is 0.0494. The number of hydrogen-bond donors (Lipinski definition) is 2. The number of aliphatic hydroxyl groups excluding tert-OH is 1. The molecule has 0 aromatic carbocycles. The number of amides is 1. The van der Waals surface area contributed by atoms with Gasteiger partial charge in [0.2, 0.25) is 0 Å². The zero-order valence-electron chi connectivity index (χ0n) is 10.2. The summed E-state index contributed by atoms with van der Waals surface area (Å²) in [6.45, 7) is 7.61. The van der Waals surface area contributed by atoms with Gasteiger partial charge in [-0.05, 0) is 33.6 Å². The van der Waals surface area contributed by atoms with Crippen molar-refractivity contribution in [3.63, 3.8) is 0 Å². The fraction of sp³-hybridized carbons (Fsp3) is 0.909. The van der Waals surface area contributed by atoms with Gasteiger partial charge in [-0.15, -0.1) is 0 Å². The first-order valence-electron chi connectivity index (χ1n) is 5.49. The molecule has 0 fully saturated rings. The normalized spacial score (nSPS) is 13.4. The molecule has 15 heavy (non-hydrogen) atoms. The molecule has 0 saturated heterocycles. The Morgan fingerprint density at radius 2 is 2.00 bits per heavy atom. The summed E-state index contributed by atoms with van der Waals surface area (Å²) in [5.41, 5.74) is -0.472. The zero-order chi connectivity index (χ0) is 11.9. The van der Waals surface area contributed by atoms with Crippen molar-refractivity contribution in [1.82, 2.24) is 5.32 Å². The number of ether oxygens (including phenoxy) is 1. The maximum Gasteiger partial charge on any atom is 0.407 e. The molecule has 0 aromatic rings. The molecule has 1 unspecified atom stereocenters. The minimum Gasteiger partial charge on any atom is -0.444 e. The second-order valence-corrected chi connectivity index (χ2v) is 4.64. The average molecular weight is 217 g/mol. The largest absolute Gasteiger partial charge is 0.444 e. The van der Waals surface area contributed by atoms with Crippen LogP contribution in [0, 0.1) is 0 Å². The standard InChI is InChI=1S/C11H23NO3/c1-5-6-9(7-8-13)12-10(14)15-11(2,3)4/h9,13H,5-8H2,1-4H3,(H,12,14). The number of hydrogen-bond acceptors (Lipinski definition) is 3. The van der Waals surface area contributed by atoms with Crippen LogP contribution in [0.3, 0.4) is 0 Å². The monoisotopic (exact) mass is 217 g/mol. The van der Waals surface area contributed by atoms with Gasteiger partial charge in [0.15, 0.2) is 0 Å². The number of carbonyl (C=O) groups excluding carboxylic acids is 1. The summed E-state index contributed by atoms with van der Waals surface area (Å²) in [6.07, 6.45) is 2.00. The quantitative estimate of drug-likeness (QED) is 0.741. The highest BCUT2D eigenvalue weighted by molar-refractivity contribution is 5.68. The van der Waals surface area contributed by atoms with Gasteiger partial charge >= 0.3 is 6.09 Å². The SMILES string of the molecule is CCCC(CCO)NC(=O)OC(C)(C)C. The summed E-state index contributed by atoms with van der Waals surface area (Å²) in [4.78, 5) is 11.4. The van der Waals surface area contributed by atoms with E-state index in [9.17, 15) is 4.79 Å². The van der Waals surface area contributed by atoms with Crippen molar-refractivity contribution in [2.24, 2.45) is 0 Å². The smallest absolute Gasteiger partial charge is 0.407 e. The highest BCUT2D eigenvalue weighted by atomic mass is 16.6. The third kappa shape index (κ3) is 8.24. The topological polar surface area (TPSA) is 58.6 Å². The average Bonchev–Trinajstić information content (AvgIpc) is 2.00. The van der Waals surface area contributed by atoms with E-state index in [-0.39, 0.29) is 12.6 Å². The molecule has 0 aliphatic rings. The molecule has 0 aliphatic carbocycles. The van der Waals surface area contributed by atoms with Crippen molar-refractivity contribution >= 4 is 6.09 Å². The number of aliphatic hydroxyl groups is 1. The molecule has 90 valence electrons. The van der Waals surface area contributed by atoms with Crippen LogP contribution in [-0.2, 0) is 4.74 Å². The van der Waals surface area contributed by atoms with Crippen molar-refractivity contribution < 1.29 is 14.6 Å². The molecule has 0 spiro atoms. The number of rotatable bonds is 5. The molecule has 0 rings (SSSR count). The van der Waals surface area contributed by atoms with Gasteiger partial charge in [-0.25, -0.2) is 4.79 Å². The molecule has 0 heterocycles. The van der Waals surface area contributed by atoms with E-state index in [1.165, 1.54) is 0 Å². The minimum absolute atomic E-state index is 0.00912. The van der Waals surface area contributed by atoms with Gasteiger partial charge in [-0.3, -0.25) is 0 Å². The summed E-state index contributed by atoms with van der Waals surface area (Å²) >= 11 is 0. The van der Waals surface area contributed by atoms with Gasteiger partial charge in [-0.1, -0.05) is 13.3 Å². The third-order valence-electron chi connectivity index (χ3n) is 1.84. The minimum atomic E-state index is -0.472. The summed E-state index contributed by atoms with van der Waals surface area (Å²) < 4.78 is 5.13. The molecular weight excluding hydrogens is 194 g/mol. The van der Waals surface area contributed by atoms with E-state index in [0.717, 1.165) is 12.8 Å². The Morgan fingerprint density at radius 3 is 2.40 bits per heavy atom. The van der Waals surface area contributed by atoms with E-state index in [1.807, 2.05) is 27.7 Å². The first-order valence-corrected chi connectivity index (χ1v) is 5.49. The molecule has 0 bridgehead atoms. The fourth-order valence-electron chi connectivity index (χ4n) is 1.27.